The Morgan fingerprint density at radius 3 is 2.31 bits per heavy atom. The monoisotopic (exact) mass is 361 g/mol. The normalized spacial score (nSPS) is 15.5. The van der Waals surface area contributed by atoms with E-state index in [0.29, 0.717) is 19.6 Å². The molecule has 1 heterocycles. The van der Waals surface area contributed by atoms with Crippen LogP contribution in [0.1, 0.15) is 44.7 Å². The van der Waals surface area contributed by atoms with Gasteiger partial charge in [-0.3, -0.25) is 0 Å². The SMILES string of the molecule is COC(=O)N1CCC(NC(=O)NCCc2ccc(C(C)(C)C)cc2)CC1. The minimum absolute atomic E-state index is 0.0991. The highest BCUT2D eigenvalue weighted by Crippen LogP contribution is 2.22. The van der Waals surface area contributed by atoms with Gasteiger partial charge in [-0.25, -0.2) is 9.59 Å². The maximum Gasteiger partial charge on any atom is 0.409 e. The molecule has 2 rings (SSSR count). The lowest BCUT2D eigenvalue weighted by atomic mass is 9.86. The molecule has 2 N–H and O–H groups in total. The van der Waals surface area contributed by atoms with Gasteiger partial charge in [0, 0.05) is 25.7 Å². The highest BCUT2D eigenvalue weighted by atomic mass is 16.5. The molecule has 1 aliphatic rings. The van der Waals surface area contributed by atoms with Crippen molar-refractivity contribution in [2.45, 2.75) is 51.5 Å². The van der Waals surface area contributed by atoms with Gasteiger partial charge in [-0.2, -0.15) is 0 Å². The molecule has 1 aromatic rings. The molecule has 0 bridgehead atoms. The number of rotatable bonds is 4. The van der Waals surface area contributed by atoms with Crippen molar-refractivity contribution in [3.05, 3.63) is 35.4 Å². The molecule has 0 aliphatic carbocycles. The van der Waals surface area contributed by atoms with Crippen LogP contribution < -0.4 is 10.6 Å². The van der Waals surface area contributed by atoms with Gasteiger partial charge in [0.2, 0.25) is 0 Å². The van der Waals surface area contributed by atoms with Crippen molar-refractivity contribution in [2.24, 2.45) is 0 Å². The van der Waals surface area contributed by atoms with Crippen molar-refractivity contribution in [2.75, 3.05) is 26.7 Å². The summed E-state index contributed by atoms with van der Waals surface area (Å²) in [4.78, 5) is 25.1. The lowest BCUT2D eigenvalue weighted by molar-refractivity contribution is 0.110. The van der Waals surface area contributed by atoms with Gasteiger partial charge in [-0.05, 0) is 35.8 Å². The number of nitrogens with one attached hydrogen (secondary N) is 2. The van der Waals surface area contributed by atoms with Gasteiger partial charge in [0.25, 0.3) is 0 Å². The van der Waals surface area contributed by atoms with E-state index in [0.717, 1.165) is 19.3 Å². The molecule has 1 fully saturated rings. The average molecular weight is 361 g/mol. The predicted octanol–water partition coefficient (Wildman–Crippen LogP) is 3.06. The second kappa shape index (κ2) is 8.92. The Morgan fingerprint density at radius 1 is 1.15 bits per heavy atom. The number of hydrogen-bond acceptors (Lipinski definition) is 3. The lowest BCUT2D eigenvalue weighted by Gasteiger charge is -2.31. The average Bonchev–Trinajstić information content (AvgIpc) is 2.61. The summed E-state index contributed by atoms with van der Waals surface area (Å²) in [5, 5.41) is 5.90. The Labute approximate surface area is 156 Å². The number of ether oxygens (including phenoxy) is 1. The maximum atomic E-state index is 12.0. The number of amides is 3. The molecular formula is C20H31N3O3. The first kappa shape index (κ1) is 20.1. The van der Waals surface area contributed by atoms with Crippen LogP contribution in [0.4, 0.5) is 9.59 Å². The zero-order valence-corrected chi connectivity index (χ0v) is 16.3. The molecule has 1 aliphatic heterocycles. The van der Waals surface area contributed by atoms with E-state index in [-0.39, 0.29) is 23.6 Å². The van der Waals surface area contributed by atoms with Crippen molar-refractivity contribution >= 4 is 12.1 Å². The van der Waals surface area contributed by atoms with Crippen LogP contribution in [0.15, 0.2) is 24.3 Å². The van der Waals surface area contributed by atoms with Crippen LogP contribution in [0.25, 0.3) is 0 Å². The zero-order chi connectivity index (χ0) is 19.2. The molecular weight excluding hydrogens is 330 g/mol. The van der Waals surface area contributed by atoms with Crippen LogP contribution in [0, 0.1) is 0 Å². The van der Waals surface area contributed by atoms with E-state index in [1.54, 1.807) is 4.90 Å². The van der Waals surface area contributed by atoms with Crippen LogP contribution in [0.5, 0.6) is 0 Å². The Hall–Kier alpha value is -2.24. The summed E-state index contributed by atoms with van der Waals surface area (Å²) >= 11 is 0. The molecule has 6 nitrogen and oxygen atoms in total. The molecule has 0 aromatic heterocycles. The van der Waals surface area contributed by atoms with Gasteiger partial charge < -0.3 is 20.3 Å². The van der Waals surface area contributed by atoms with E-state index >= 15 is 0 Å². The third kappa shape index (κ3) is 5.93. The van der Waals surface area contributed by atoms with E-state index in [4.69, 9.17) is 4.74 Å². The van der Waals surface area contributed by atoms with Crippen LogP contribution >= 0.6 is 0 Å². The van der Waals surface area contributed by atoms with Crippen molar-refractivity contribution in [3.8, 4) is 0 Å². The number of piperidine rings is 1. The zero-order valence-electron chi connectivity index (χ0n) is 16.3. The largest absolute Gasteiger partial charge is 0.453 e. The number of nitrogens with zero attached hydrogens (tertiary/aromatic N) is 1. The van der Waals surface area contributed by atoms with Crippen LogP contribution in [-0.4, -0.2) is 49.8 Å². The Morgan fingerprint density at radius 2 is 1.77 bits per heavy atom. The second-order valence-corrected chi connectivity index (χ2v) is 7.83. The number of benzene rings is 1. The molecule has 6 heteroatoms. The number of methoxy groups -OCH3 is 1. The van der Waals surface area contributed by atoms with Gasteiger partial charge in [-0.1, -0.05) is 45.0 Å². The van der Waals surface area contributed by atoms with Gasteiger partial charge in [-0.15, -0.1) is 0 Å². The van der Waals surface area contributed by atoms with E-state index < -0.39 is 0 Å². The first-order valence-electron chi connectivity index (χ1n) is 9.26. The molecule has 1 saturated heterocycles. The summed E-state index contributed by atoms with van der Waals surface area (Å²) < 4.78 is 4.71. The summed E-state index contributed by atoms with van der Waals surface area (Å²) in [6.45, 7) is 8.41. The molecule has 0 saturated carbocycles. The molecule has 26 heavy (non-hydrogen) atoms. The van der Waals surface area contributed by atoms with E-state index in [1.165, 1.54) is 18.2 Å². The van der Waals surface area contributed by atoms with Crippen molar-refractivity contribution in [3.63, 3.8) is 0 Å². The first-order valence-corrected chi connectivity index (χ1v) is 9.26. The van der Waals surface area contributed by atoms with Crippen molar-refractivity contribution < 1.29 is 14.3 Å². The molecule has 0 atom stereocenters. The van der Waals surface area contributed by atoms with Crippen LogP contribution in [0.3, 0.4) is 0 Å². The number of hydrogen-bond donors (Lipinski definition) is 2. The van der Waals surface area contributed by atoms with Gasteiger partial charge in [0.1, 0.15) is 0 Å². The fraction of sp³-hybridized carbons (Fsp3) is 0.600. The Balaban J connectivity index is 1.67. The maximum absolute atomic E-state index is 12.0. The summed E-state index contributed by atoms with van der Waals surface area (Å²) in [5.74, 6) is 0. The van der Waals surface area contributed by atoms with Crippen LogP contribution in [-0.2, 0) is 16.6 Å². The number of urea groups is 1. The fourth-order valence-electron chi connectivity index (χ4n) is 3.06. The summed E-state index contributed by atoms with van der Waals surface area (Å²) in [7, 11) is 1.39. The highest BCUT2D eigenvalue weighted by molar-refractivity contribution is 5.74. The van der Waals surface area contributed by atoms with E-state index in [9.17, 15) is 9.59 Å². The van der Waals surface area contributed by atoms with Gasteiger partial charge >= 0.3 is 12.1 Å². The summed E-state index contributed by atoms with van der Waals surface area (Å²) in [6, 6.07) is 8.52. The summed E-state index contributed by atoms with van der Waals surface area (Å²) in [6.07, 6.45) is 2.00. The molecule has 0 radical (unpaired) electrons. The second-order valence-electron chi connectivity index (χ2n) is 7.83. The molecule has 3 amide bonds. The lowest BCUT2D eigenvalue weighted by Crippen LogP contribution is -2.49. The van der Waals surface area contributed by atoms with Crippen LogP contribution in [0.2, 0.25) is 0 Å². The van der Waals surface area contributed by atoms with Crippen molar-refractivity contribution in [1.29, 1.82) is 0 Å². The predicted molar refractivity (Wildman–Crippen MR) is 102 cm³/mol. The molecule has 0 spiro atoms. The fourth-order valence-corrected chi connectivity index (χ4v) is 3.06. The van der Waals surface area contributed by atoms with Crippen molar-refractivity contribution in [1.82, 2.24) is 15.5 Å². The van der Waals surface area contributed by atoms with E-state index in [1.807, 2.05) is 0 Å². The topological polar surface area (TPSA) is 70.7 Å². The van der Waals surface area contributed by atoms with Gasteiger partial charge in [0.15, 0.2) is 0 Å². The smallest absolute Gasteiger partial charge is 0.409 e. The Kier molecular flexibility index (Phi) is 6.89. The molecule has 1 aromatic carbocycles. The standard InChI is InChI=1S/C20H31N3O3/c1-20(2,3)16-7-5-15(6-8-16)9-12-21-18(24)22-17-10-13-23(14-11-17)19(25)26-4/h5-8,17H,9-14H2,1-4H3,(H2,21,22,24). The highest BCUT2D eigenvalue weighted by Gasteiger charge is 2.24. The third-order valence-corrected chi connectivity index (χ3v) is 4.78. The third-order valence-electron chi connectivity index (χ3n) is 4.78. The quantitative estimate of drug-likeness (QED) is 0.866. The number of carbonyl (C=O) groups is 2. The minimum Gasteiger partial charge on any atom is -0.453 e. The number of likely N-dealkylation sites (tertiary alicyclic amines) is 1. The molecule has 144 valence electrons. The molecule has 0 unspecified atom stereocenters. The number of carbonyl (C=O) groups excluding carboxylic acids is 2. The Bertz CT molecular complexity index is 600. The first-order chi connectivity index (χ1) is 12.3. The minimum atomic E-state index is -0.301. The summed E-state index contributed by atoms with van der Waals surface area (Å²) in [5.41, 5.74) is 2.68. The van der Waals surface area contributed by atoms with E-state index in [2.05, 4.69) is 55.7 Å². The van der Waals surface area contributed by atoms with Gasteiger partial charge in [0.05, 0.1) is 7.11 Å².